The topological polar surface area (TPSA) is 66.3 Å². The van der Waals surface area contributed by atoms with Crippen molar-refractivity contribution in [1.29, 1.82) is 0 Å². The van der Waals surface area contributed by atoms with E-state index in [9.17, 15) is 4.79 Å². The fraction of sp³-hybridized carbons (Fsp3) is 0.357. The van der Waals surface area contributed by atoms with Crippen LogP contribution in [0.2, 0.25) is 0 Å². The van der Waals surface area contributed by atoms with Crippen LogP contribution in [0.5, 0.6) is 0 Å². The van der Waals surface area contributed by atoms with Crippen molar-refractivity contribution in [3.05, 3.63) is 30.5 Å². The zero-order valence-corrected chi connectivity index (χ0v) is 10.5. The first-order chi connectivity index (χ1) is 9.25. The standard InChI is InChI=1S/C14H15N3O2/c18-14(19)10-4-3-7-17(9-10)13-8-15-16-12-6-2-1-5-11(12)13/h1-2,5-6,8,10H,3-4,7,9H2,(H,18,19). The Morgan fingerprint density at radius 3 is 3.05 bits per heavy atom. The SMILES string of the molecule is O=C(O)C1CCCN(c2cnnc3ccccc23)C1. The van der Waals surface area contributed by atoms with E-state index >= 15 is 0 Å². The van der Waals surface area contributed by atoms with E-state index in [0.29, 0.717) is 6.54 Å². The molecule has 5 nitrogen and oxygen atoms in total. The number of benzene rings is 1. The summed E-state index contributed by atoms with van der Waals surface area (Å²) in [6, 6.07) is 7.82. The van der Waals surface area contributed by atoms with Crippen molar-refractivity contribution in [2.45, 2.75) is 12.8 Å². The first-order valence-electron chi connectivity index (χ1n) is 6.44. The molecule has 1 aromatic heterocycles. The van der Waals surface area contributed by atoms with Crippen molar-refractivity contribution in [2.24, 2.45) is 5.92 Å². The second-order valence-electron chi connectivity index (χ2n) is 4.87. The maximum atomic E-state index is 11.1. The summed E-state index contributed by atoms with van der Waals surface area (Å²) in [5.74, 6) is -1.00. The fourth-order valence-corrected chi connectivity index (χ4v) is 2.64. The molecule has 0 radical (unpaired) electrons. The van der Waals surface area contributed by atoms with Gasteiger partial charge >= 0.3 is 5.97 Å². The van der Waals surface area contributed by atoms with Gasteiger partial charge in [-0.25, -0.2) is 0 Å². The van der Waals surface area contributed by atoms with E-state index in [1.54, 1.807) is 6.20 Å². The van der Waals surface area contributed by atoms with Gasteiger partial charge in [0.25, 0.3) is 0 Å². The summed E-state index contributed by atoms with van der Waals surface area (Å²) in [6.07, 6.45) is 3.38. The molecule has 5 heteroatoms. The second-order valence-corrected chi connectivity index (χ2v) is 4.87. The Bertz CT molecular complexity index is 609. The van der Waals surface area contributed by atoms with Gasteiger partial charge in [0.2, 0.25) is 0 Å². The van der Waals surface area contributed by atoms with E-state index < -0.39 is 5.97 Å². The molecule has 1 atom stereocenters. The van der Waals surface area contributed by atoms with Crippen LogP contribution in [-0.4, -0.2) is 34.4 Å². The van der Waals surface area contributed by atoms with Crippen molar-refractivity contribution < 1.29 is 9.90 Å². The lowest BCUT2D eigenvalue weighted by Gasteiger charge is -2.32. The molecule has 0 amide bonds. The van der Waals surface area contributed by atoms with Crippen molar-refractivity contribution in [3.8, 4) is 0 Å². The number of nitrogens with zero attached hydrogens (tertiary/aromatic N) is 3. The molecule has 2 heterocycles. The molecule has 1 aliphatic rings. The molecule has 1 aromatic carbocycles. The van der Waals surface area contributed by atoms with Crippen LogP contribution < -0.4 is 4.90 Å². The molecule has 0 aliphatic carbocycles. The number of anilines is 1. The third kappa shape index (κ3) is 2.23. The van der Waals surface area contributed by atoms with E-state index in [-0.39, 0.29) is 5.92 Å². The first kappa shape index (κ1) is 11.9. The van der Waals surface area contributed by atoms with Gasteiger partial charge in [0.15, 0.2) is 0 Å². The number of rotatable bonds is 2. The zero-order chi connectivity index (χ0) is 13.2. The Balaban J connectivity index is 1.97. The summed E-state index contributed by atoms with van der Waals surface area (Å²) in [4.78, 5) is 13.3. The average Bonchev–Trinajstić information content (AvgIpc) is 2.47. The molecule has 0 spiro atoms. The van der Waals surface area contributed by atoms with Crippen molar-refractivity contribution in [3.63, 3.8) is 0 Å². The Labute approximate surface area is 110 Å². The number of hydrogen-bond acceptors (Lipinski definition) is 4. The Morgan fingerprint density at radius 1 is 1.37 bits per heavy atom. The normalized spacial score (nSPS) is 19.6. The maximum Gasteiger partial charge on any atom is 0.308 e. The monoisotopic (exact) mass is 257 g/mol. The van der Waals surface area contributed by atoms with E-state index in [4.69, 9.17) is 5.11 Å². The van der Waals surface area contributed by atoms with E-state index in [1.165, 1.54) is 0 Å². The Kier molecular flexibility index (Phi) is 3.03. The van der Waals surface area contributed by atoms with E-state index in [2.05, 4.69) is 15.1 Å². The van der Waals surface area contributed by atoms with Crippen LogP contribution in [0.15, 0.2) is 30.5 Å². The van der Waals surface area contributed by atoms with Crippen LogP contribution in [0.3, 0.4) is 0 Å². The first-order valence-corrected chi connectivity index (χ1v) is 6.44. The molecule has 98 valence electrons. The van der Waals surface area contributed by atoms with Crippen LogP contribution in [0.25, 0.3) is 10.9 Å². The molecule has 1 aliphatic heterocycles. The largest absolute Gasteiger partial charge is 0.481 e. The minimum Gasteiger partial charge on any atom is -0.481 e. The van der Waals surface area contributed by atoms with Crippen molar-refractivity contribution in [2.75, 3.05) is 18.0 Å². The predicted octanol–water partition coefficient (Wildman–Crippen LogP) is 1.93. The number of hydrogen-bond donors (Lipinski definition) is 1. The highest BCUT2D eigenvalue weighted by atomic mass is 16.4. The van der Waals surface area contributed by atoms with Gasteiger partial charge in [-0.1, -0.05) is 18.2 Å². The van der Waals surface area contributed by atoms with Gasteiger partial charge in [-0.05, 0) is 18.9 Å². The third-order valence-corrected chi connectivity index (χ3v) is 3.64. The smallest absolute Gasteiger partial charge is 0.308 e. The number of carbonyl (C=O) groups is 1. The lowest BCUT2D eigenvalue weighted by atomic mass is 9.97. The quantitative estimate of drug-likeness (QED) is 0.890. The molecule has 1 unspecified atom stereocenters. The number of carboxylic acids is 1. The van der Waals surface area contributed by atoms with Gasteiger partial charge in [0.1, 0.15) is 0 Å². The van der Waals surface area contributed by atoms with Crippen LogP contribution in [0, 0.1) is 5.92 Å². The van der Waals surface area contributed by atoms with E-state index in [0.717, 1.165) is 36.0 Å². The van der Waals surface area contributed by atoms with Crippen LogP contribution in [0.1, 0.15) is 12.8 Å². The second kappa shape index (κ2) is 4.84. The number of carboxylic acid groups (broad SMARTS) is 1. The summed E-state index contributed by atoms with van der Waals surface area (Å²) in [6.45, 7) is 1.42. The van der Waals surface area contributed by atoms with Gasteiger partial charge in [0, 0.05) is 18.5 Å². The van der Waals surface area contributed by atoms with Crippen molar-refractivity contribution in [1.82, 2.24) is 10.2 Å². The van der Waals surface area contributed by atoms with Crippen LogP contribution in [0.4, 0.5) is 5.69 Å². The highest BCUT2D eigenvalue weighted by molar-refractivity contribution is 5.91. The third-order valence-electron chi connectivity index (χ3n) is 3.64. The van der Waals surface area contributed by atoms with Gasteiger partial charge in [-0.3, -0.25) is 4.79 Å². The zero-order valence-electron chi connectivity index (χ0n) is 10.5. The number of piperidine rings is 1. The molecule has 2 aromatic rings. The van der Waals surface area contributed by atoms with E-state index in [1.807, 2.05) is 24.3 Å². The Hall–Kier alpha value is -2.17. The van der Waals surface area contributed by atoms with Gasteiger partial charge in [-0.15, -0.1) is 0 Å². The minimum atomic E-state index is -0.712. The lowest BCUT2D eigenvalue weighted by Crippen LogP contribution is -2.38. The number of aliphatic carboxylic acids is 1. The molecule has 19 heavy (non-hydrogen) atoms. The molecule has 0 bridgehead atoms. The fourth-order valence-electron chi connectivity index (χ4n) is 2.64. The van der Waals surface area contributed by atoms with Gasteiger partial charge in [0.05, 0.1) is 23.3 Å². The highest BCUT2D eigenvalue weighted by Gasteiger charge is 2.26. The summed E-state index contributed by atoms with van der Waals surface area (Å²) in [5.41, 5.74) is 1.83. The summed E-state index contributed by atoms with van der Waals surface area (Å²) >= 11 is 0. The summed E-state index contributed by atoms with van der Waals surface area (Å²) in [7, 11) is 0. The molecular weight excluding hydrogens is 242 g/mol. The van der Waals surface area contributed by atoms with Gasteiger partial charge in [-0.2, -0.15) is 10.2 Å². The summed E-state index contributed by atoms with van der Waals surface area (Å²) < 4.78 is 0. The molecule has 1 N–H and O–H groups in total. The molecule has 0 saturated carbocycles. The predicted molar refractivity (Wildman–Crippen MR) is 72.1 cm³/mol. The summed E-state index contributed by atoms with van der Waals surface area (Å²) in [5, 5.41) is 18.3. The minimum absolute atomic E-state index is 0.291. The number of fused-ring (bicyclic) bond motifs is 1. The average molecular weight is 257 g/mol. The molecule has 1 saturated heterocycles. The maximum absolute atomic E-state index is 11.1. The number of aromatic nitrogens is 2. The molecular formula is C14H15N3O2. The Morgan fingerprint density at radius 2 is 2.21 bits per heavy atom. The van der Waals surface area contributed by atoms with Crippen LogP contribution in [-0.2, 0) is 4.79 Å². The molecule has 3 rings (SSSR count). The van der Waals surface area contributed by atoms with Gasteiger partial charge < -0.3 is 10.0 Å². The van der Waals surface area contributed by atoms with Crippen molar-refractivity contribution >= 4 is 22.6 Å². The molecule has 1 fully saturated rings. The lowest BCUT2D eigenvalue weighted by molar-refractivity contribution is -0.141. The van der Waals surface area contributed by atoms with Crippen LogP contribution >= 0.6 is 0 Å². The highest BCUT2D eigenvalue weighted by Crippen LogP contribution is 2.28.